The largest absolute Gasteiger partial charge is 0.481 e. The lowest BCUT2D eigenvalue weighted by Gasteiger charge is -2.13. The predicted octanol–water partition coefficient (Wildman–Crippen LogP) is 0.772. The summed E-state index contributed by atoms with van der Waals surface area (Å²) in [6.45, 7) is 1.20. The Hall–Kier alpha value is -1.68. The number of nitrogens with zero attached hydrogens (tertiary/aromatic N) is 1. The molecule has 0 bridgehead atoms. The van der Waals surface area contributed by atoms with E-state index in [1.807, 2.05) is 35.2 Å². The van der Waals surface area contributed by atoms with Crippen molar-refractivity contribution in [3.8, 4) is 0 Å². The monoisotopic (exact) mass is 219 g/mol. The highest BCUT2D eigenvalue weighted by Crippen LogP contribution is 2.15. The third kappa shape index (κ3) is 2.28. The minimum atomic E-state index is -1.01. The van der Waals surface area contributed by atoms with E-state index >= 15 is 0 Å². The number of likely N-dealkylation sites (tertiary alicyclic amines) is 1. The van der Waals surface area contributed by atoms with Gasteiger partial charge < -0.3 is 5.11 Å². The van der Waals surface area contributed by atoms with Crippen molar-refractivity contribution in [3.05, 3.63) is 35.9 Å². The molecule has 1 aromatic rings. The molecule has 1 aromatic carbocycles. The Kier molecular flexibility index (Phi) is 3.01. The molecule has 0 amide bonds. The molecule has 1 aliphatic heterocycles. The van der Waals surface area contributed by atoms with E-state index in [1.54, 1.807) is 0 Å². The van der Waals surface area contributed by atoms with Gasteiger partial charge in [0.1, 0.15) is 5.92 Å². The van der Waals surface area contributed by atoms with Gasteiger partial charge >= 0.3 is 5.97 Å². The molecular weight excluding hydrogens is 206 g/mol. The van der Waals surface area contributed by atoms with Crippen molar-refractivity contribution in [2.24, 2.45) is 5.92 Å². The molecule has 0 aliphatic carbocycles. The summed E-state index contributed by atoms with van der Waals surface area (Å²) < 4.78 is 0. The van der Waals surface area contributed by atoms with Gasteiger partial charge in [0.2, 0.25) is 0 Å². The maximum absolute atomic E-state index is 11.4. The SMILES string of the molecule is O=C(O)[C@@H]1CN(Cc2ccccc2)CC1=O. The van der Waals surface area contributed by atoms with Crippen LogP contribution in [0.25, 0.3) is 0 Å². The second-order valence-corrected chi connectivity index (χ2v) is 4.01. The Bertz CT molecular complexity index is 402. The van der Waals surface area contributed by atoms with E-state index in [0.29, 0.717) is 13.1 Å². The van der Waals surface area contributed by atoms with Crippen molar-refractivity contribution < 1.29 is 14.7 Å². The second-order valence-electron chi connectivity index (χ2n) is 4.01. The minimum absolute atomic E-state index is 0.191. The number of Topliss-reactive ketones (excluding diaryl/α,β-unsaturated/α-hetero) is 1. The molecule has 0 unspecified atom stereocenters. The Morgan fingerprint density at radius 2 is 2.06 bits per heavy atom. The molecule has 2 rings (SSSR count). The molecule has 1 aliphatic rings. The Labute approximate surface area is 93.5 Å². The van der Waals surface area contributed by atoms with Gasteiger partial charge in [0.25, 0.3) is 0 Å². The number of carbonyl (C=O) groups excluding carboxylic acids is 1. The maximum atomic E-state index is 11.4. The van der Waals surface area contributed by atoms with Crippen molar-refractivity contribution in [1.29, 1.82) is 0 Å². The normalized spacial score (nSPS) is 21.2. The first-order valence-corrected chi connectivity index (χ1v) is 5.18. The average molecular weight is 219 g/mol. The number of aliphatic carboxylic acids is 1. The number of rotatable bonds is 3. The fourth-order valence-corrected chi connectivity index (χ4v) is 1.93. The van der Waals surface area contributed by atoms with Crippen LogP contribution in [-0.2, 0) is 16.1 Å². The van der Waals surface area contributed by atoms with Crippen LogP contribution in [-0.4, -0.2) is 34.8 Å². The summed E-state index contributed by atoms with van der Waals surface area (Å²) in [5.41, 5.74) is 1.10. The molecule has 1 heterocycles. The van der Waals surface area contributed by atoms with Crippen molar-refractivity contribution in [3.63, 3.8) is 0 Å². The molecule has 0 radical (unpaired) electrons. The van der Waals surface area contributed by atoms with E-state index in [0.717, 1.165) is 5.56 Å². The highest BCUT2D eigenvalue weighted by atomic mass is 16.4. The first-order valence-electron chi connectivity index (χ1n) is 5.18. The standard InChI is InChI=1S/C12H13NO3/c14-11-8-13(7-10(11)12(15)16)6-9-4-2-1-3-5-9/h1-5,10H,6-8H2,(H,15,16)/t10-/m1/s1. The van der Waals surface area contributed by atoms with E-state index in [9.17, 15) is 9.59 Å². The zero-order valence-corrected chi connectivity index (χ0v) is 8.80. The fraction of sp³-hybridized carbons (Fsp3) is 0.333. The Morgan fingerprint density at radius 1 is 1.38 bits per heavy atom. The van der Waals surface area contributed by atoms with Gasteiger partial charge in [0.15, 0.2) is 5.78 Å². The van der Waals surface area contributed by atoms with Crippen molar-refractivity contribution >= 4 is 11.8 Å². The van der Waals surface area contributed by atoms with Crippen LogP contribution in [0.3, 0.4) is 0 Å². The molecule has 0 spiro atoms. The Morgan fingerprint density at radius 3 is 2.62 bits per heavy atom. The van der Waals surface area contributed by atoms with Crippen molar-refractivity contribution in [2.45, 2.75) is 6.54 Å². The third-order valence-electron chi connectivity index (χ3n) is 2.76. The maximum Gasteiger partial charge on any atom is 0.315 e. The molecule has 1 saturated heterocycles. The van der Waals surface area contributed by atoms with Gasteiger partial charge in [-0.3, -0.25) is 14.5 Å². The van der Waals surface area contributed by atoms with Crippen LogP contribution in [0.1, 0.15) is 5.56 Å². The molecule has 0 saturated carbocycles. The number of carbonyl (C=O) groups is 2. The topological polar surface area (TPSA) is 57.6 Å². The summed E-state index contributed by atoms with van der Waals surface area (Å²) in [6.07, 6.45) is 0. The van der Waals surface area contributed by atoms with Gasteiger partial charge in [-0.15, -0.1) is 0 Å². The zero-order valence-electron chi connectivity index (χ0n) is 8.80. The number of carboxylic acid groups (broad SMARTS) is 1. The van der Waals surface area contributed by atoms with Crippen LogP contribution >= 0.6 is 0 Å². The number of benzene rings is 1. The smallest absolute Gasteiger partial charge is 0.315 e. The lowest BCUT2D eigenvalue weighted by atomic mass is 10.1. The summed E-state index contributed by atoms with van der Waals surface area (Å²) in [5.74, 6) is -2.05. The third-order valence-corrected chi connectivity index (χ3v) is 2.76. The summed E-state index contributed by atoms with van der Waals surface area (Å²) in [4.78, 5) is 24.0. The summed E-state index contributed by atoms with van der Waals surface area (Å²) >= 11 is 0. The van der Waals surface area contributed by atoms with Gasteiger partial charge in [-0.05, 0) is 5.56 Å². The molecule has 1 N–H and O–H groups in total. The van der Waals surface area contributed by atoms with E-state index in [-0.39, 0.29) is 12.3 Å². The summed E-state index contributed by atoms with van der Waals surface area (Å²) in [5, 5.41) is 8.82. The minimum Gasteiger partial charge on any atom is -0.481 e. The number of hydrogen-bond acceptors (Lipinski definition) is 3. The average Bonchev–Trinajstić information content (AvgIpc) is 2.61. The number of ketones is 1. The van der Waals surface area contributed by atoms with Gasteiger partial charge in [-0.2, -0.15) is 0 Å². The lowest BCUT2D eigenvalue weighted by molar-refractivity contribution is -0.144. The highest BCUT2D eigenvalue weighted by Gasteiger charge is 2.35. The molecule has 84 valence electrons. The quantitative estimate of drug-likeness (QED) is 0.763. The van der Waals surface area contributed by atoms with Crippen LogP contribution in [0.2, 0.25) is 0 Å². The zero-order chi connectivity index (χ0) is 11.5. The Balaban J connectivity index is 1.99. The van der Waals surface area contributed by atoms with E-state index < -0.39 is 11.9 Å². The molecular formula is C12H13NO3. The number of carboxylic acids is 1. The van der Waals surface area contributed by atoms with E-state index in [1.165, 1.54) is 0 Å². The molecule has 16 heavy (non-hydrogen) atoms. The van der Waals surface area contributed by atoms with Crippen LogP contribution < -0.4 is 0 Å². The molecule has 4 nitrogen and oxygen atoms in total. The summed E-state index contributed by atoms with van der Waals surface area (Å²) in [7, 11) is 0. The van der Waals surface area contributed by atoms with Gasteiger partial charge in [-0.1, -0.05) is 30.3 Å². The van der Waals surface area contributed by atoms with Crippen LogP contribution in [0.15, 0.2) is 30.3 Å². The second kappa shape index (κ2) is 4.45. The van der Waals surface area contributed by atoms with Crippen LogP contribution in [0.4, 0.5) is 0 Å². The molecule has 0 aromatic heterocycles. The molecule has 1 atom stereocenters. The van der Waals surface area contributed by atoms with Gasteiger partial charge in [0.05, 0.1) is 6.54 Å². The molecule has 4 heteroatoms. The van der Waals surface area contributed by atoms with Crippen molar-refractivity contribution in [1.82, 2.24) is 4.90 Å². The van der Waals surface area contributed by atoms with Crippen LogP contribution in [0.5, 0.6) is 0 Å². The van der Waals surface area contributed by atoms with E-state index in [2.05, 4.69) is 0 Å². The predicted molar refractivity (Wildman–Crippen MR) is 57.9 cm³/mol. The molecule has 1 fully saturated rings. The van der Waals surface area contributed by atoms with Gasteiger partial charge in [-0.25, -0.2) is 0 Å². The lowest BCUT2D eigenvalue weighted by Crippen LogP contribution is -2.23. The first-order chi connectivity index (χ1) is 7.66. The summed E-state index contributed by atoms with van der Waals surface area (Å²) in [6, 6.07) is 9.74. The first kappa shape index (κ1) is 10.8. The highest BCUT2D eigenvalue weighted by molar-refractivity contribution is 6.01. The number of hydrogen-bond donors (Lipinski definition) is 1. The van der Waals surface area contributed by atoms with Crippen molar-refractivity contribution in [2.75, 3.05) is 13.1 Å². The van der Waals surface area contributed by atoms with E-state index in [4.69, 9.17) is 5.11 Å². The van der Waals surface area contributed by atoms with Crippen LogP contribution in [0, 0.1) is 5.92 Å². The fourth-order valence-electron chi connectivity index (χ4n) is 1.93. The van der Waals surface area contributed by atoms with Gasteiger partial charge in [0, 0.05) is 13.1 Å².